The number of hydrogen-bond donors (Lipinski definition) is 3. The van der Waals surface area contributed by atoms with Crippen LogP contribution in [0.5, 0.6) is 0 Å². The third kappa shape index (κ3) is 3.68. The van der Waals surface area contributed by atoms with Crippen molar-refractivity contribution in [2.45, 2.75) is 50.4 Å². The van der Waals surface area contributed by atoms with Crippen molar-refractivity contribution >= 4 is 23.6 Å². The predicted octanol–water partition coefficient (Wildman–Crippen LogP) is -0.316. The highest BCUT2D eigenvalue weighted by molar-refractivity contribution is 6.24. The lowest BCUT2D eigenvalue weighted by molar-refractivity contribution is -0.136. The molecule has 0 saturated carbocycles. The minimum absolute atomic E-state index is 0.0222. The predicted molar refractivity (Wildman–Crippen MR) is 102 cm³/mol. The fraction of sp³-hybridized carbons (Fsp3) is 0.500. The molecule has 3 aliphatic heterocycles. The summed E-state index contributed by atoms with van der Waals surface area (Å²) in [5, 5.41) is 5.64. The number of imide groups is 2. The molecule has 3 atom stereocenters. The maximum atomic E-state index is 13.1. The molecule has 0 spiro atoms. The summed E-state index contributed by atoms with van der Waals surface area (Å²) in [5.41, 5.74) is 7.03. The molecule has 0 aromatic heterocycles. The van der Waals surface area contributed by atoms with E-state index in [1.54, 1.807) is 12.1 Å². The highest BCUT2D eigenvalue weighted by atomic mass is 16.5. The Morgan fingerprint density at radius 1 is 1.17 bits per heavy atom. The Kier molecular flexibility index (Phi) is 5.44. The molecule has 0 bridgehead atoms. The van der Waals surface area contributed by atoms with E-state index < -0.39 is 23.8 Å². The first-order valence-corrected chi connectivity index (χ1v) is 9.88. The van der Waals surface area contributed by atoms with Crippen molar-refractivity contribution < 1.29 is 23.9 Å². The monoisotopic (exact) mass is 400 g/mol. The van der Waals surface area contributed by atoms with E-state index in [0.717, 1.165) is 17.7 Å². The summed E-state index contributed by atoms with van der Waals surface area (Å²) < 4.78 is 5.58. The smallest absolute Gasteiger partial charge is 0.262 e. The molecular weight excluding hydrogens is 376 g/mol. The van der Waals surface area contributed by atoms with Gasteiger partial charge in [0, 0.05) is 32.2 Å². The first-order valence-electron chi connectivity index (χ1n) is 9.88. The second-order valence-corrected chi connectivity index (χ2v) is 7.62. The molecule has 0 aliphatic carbocycles. The maximum absolute atomic E-state index is 13.1. The van der Waals surface area contributed by atoms with Gasteiger partial charge in [-0.3, -0.25) is 29.4 Å². The van der Waals surface area contributed by atoms with Gasteiger partial charge in [0.1, 0.15) is 6.04 Å². The number of nitrogens with one attached hydrogen (secondary N) is 2. The minimum Gasteiger partial charge on any atom is -0.377 e. The molecule has 2 saturated heterocycles. The Morgan fingerprint density at radius 3 is 2.76 bits per heavy atom. The fourth-order valence-corrected chi connectivity index (χ4v) is 4.22. The van der Waals surface area contributed by atoms with Crippen LogP contribution < -0.4 is 16.4 Å². The van der Waals surface area contributed by atoms with Crippen LogP contribution in [0.1, 0.15) is 52.0 Å². The average Bonchev–Trinajstić information content (AvgIpc) is 2.98. The lowest BCUT2D eigenvalue weighted by Gasteiger charge is -2.29. The number of fused-ring (bicyclic) bond motifs is 1. The largest absolute Gasteiger partial charge is 0.377 e. The Hall–Kier alpha value is -2.62. The number of amides is 4. The van der Waals surface area contributed by atoms with Crippen LogP contribution in [0.4, 0.5) is 0 Å². The van der Waals surface area contributed by atoms with Crippen LogP contribution in [-0.4, -0.2) is 59.9 Å². The van der Waals surface area contributed by atoms with Gasteiger partial charge in [-0.15, -0.1) is 0 Å². The molecule has 29 heavy (non-hydrogen) atoms. The Bertz CT molecular complexity index is 870. The van der Waals surface area contributed by atoms with Crippen molar-refractivity contribution in [3.05, 3.63) is 34.9 Å². The number of carbonyl (C=O) groups is 4. The normalized spacial score (nSPS) is 27.2. The number of piperidine rings is 1. The third-order valence-electron chi connectivity index (χ3n) is 5.77. The van der Waals surface area contributed by atoms with Crippen LogP contribution >= 0.6 is 0 Å². The fourth-order valence-electron chi connectivity index (χ4n) is 4.22. The number of nitrogens with two attached hydrogens (primary N) is 1. The first kappa shape index (κ1) is 19.7. The highest BCUT2D eigenvalue weighted by Crippen LogP contribution is 2.30. The summed E-state index contributed by atoms with van der Waals surface area (Å²) in [7, 11) is 0. The van der Waals surface area contributed by atoms with Crippen LogP contribution in [0.25, 0.3) is 0 Å². The zero-order chi connectivity index (χ0) is 20.5. The van der Waals surface area contributed by atoms with Gasteiger partial charge >= 0.3 is 0 Å². The number of benzene rings is 1. The van der Waals surface area contributed by atoms with Gasteiger partial charge in [0.15, 0.2) is 0 Å². The Labute approximate surface area is 167 Å². The minimum atomic E-state index is -0.957. The van der Waals surface area contributed by atoms with Crippen LogP contribution in [0.3, 0.4) is 0 Å². The number of nitrogens with zero attached hydrogens (tertiary/aromatic N) is 1. The molecule has 1 aromatic rings. The molecule has 4 N–H and O–H groups in total. The van der Waals surface area contributed by atoms with Crippen LogP contribution in [0.15, 0.2) is 18.2 Å². The van der Waals surface area contributed by atoms with E-state index in [1.807, 2.05) is 6.07 Å². The van der Waals surface area contributed by atoms with Crippen LogP contribution in [0.2, 0.25) is 0 Å². The molecule has 1 aromatic carbocycles. The molecular formula is C20H24N4O5. The number of ether oxygens (including phenoxy) is 1. The van der Waals surface area contributed by atoms with Crippen molar-refractivity contribution in [3.63, 3.8) is 0 Å². The molecule has 1 unspecified atom stereocenters. The standard InChI is InChI=1S/C20H24N4O5/c21-9-13-8-12(6-7-29-13)22-10-11-2-1-3-14-17(11)20(28)24(19(14)27)15-4-5-16(25)23-18(15)26/h1-3,12-13,15,22H,4-10,21H2,(H,23,25,26)/t12-,13-,15?/m0/s1. The van der Waals surface area contributed by atoms with E-state index in [4.69, 9.17) is 10.5 Å². The van der Waals surface area contributed by atoms with Crippen LogP contribution in [0, 0.1) is 0 Å². The highest BCUT2D eigenvalue weighted by Gasteiger charge is 2.45. The average molecular weight is 400 g/mol. The van der Waals surface area contributed by atoms with Crippen molar-refractivity contribution in [1.82, 2.24) is 15.5 Å². The molecule has 9 nitrogen and oxygen atoms in total. The van der Waals surface area contributed by atoms with E-state index >= 15 is 0 Å². The van der Waals surface area contributed by atoms with E-state index in [-0.39, 0.29) is 30.9 Å². The van der Waals surface area contributed by atoms with Crippen molar-refractivity contribution in [1.29, 1.82) is 0 Å². The van der Waals surface area contributed by atoms with E-state index in [1.165, 1.54) is 0 Å². The molecule has 154 valence electrons. The molecule has 4 amide bonds. The van der Waals surface area contributed by atoms with Gasteiger partial charge < -0.3 is 15.8 Å². The summed E-state index contributed by atoms with van der Waals surface area (Å²) in [5.74, 6) is -1.97. The lowest BCUT2D eigenvalue weighted by atomic mass is 10.00. The van der Waals surface area contributed by atoms with E-state index in [9.17, 15) is 19.2 Å². The van der Waals surface area contributed by atoms with E-state index in [0.29, 0.717) is 36.4 Å². The molecule has 0 radical (unpaired) electrons. The molecule has 9 heteroatoms. The summed E-state index contributed by atoms with van der Waals surface area (Å²) in [6.07, 6.45) is 1.91. The topological polar surface area (TPSA) is 131 Å². The number of carbonyl (C=O) groups excluding carboxylic acids is 4. The van der Waals surface area contributed by atoms with Gasteiger partial charge in [0.05, 0.1) is 17.2 Å². The second-order valence-electron chi connectivity index (χ2n) is 7.62. The number of hydrogen-bond acceptors (Lipinski definition) is 7. The zero-order valence-corrected chi connectivity index (χ0v) is 16.0. The van der Waals surface area contributed by atoms with Crippen molar-refractivity contribution in [2.24, 2.45) is 5.73 Å². The van der Waals surface area contributed by atoms with Gasteiger partial charge in [-0.1, -0.05) is 12.1 Å². The van der Waals surface area contributed by atoms with Crippen molar-refractivity contribution in [3.8, 4) is 0 Å². The molecule has 2 fully saturated rings. The Balaban J connectivity index is 1.52. The zero-order valence-electron chi connectivity index (χ0n) is 16.0. The van der Waals surface area contributed by atoms with E-state index in [2.05, 4.69) is 10.6 Å². The van der Waals surface area contributed by atoms with Gasteiger partial charge in [-0.2, -0.15) is 0 Å². The molecule has 3 heterocycles. The quantitative estimate of drug-likeness (QED) is 0.578. The summed E-state index contributed by atoms with van der Waals surface area (Å²) in [6.45, 7) is 1.52. The van der Waals surface area contributed by atoms with Gasteiger partial charge in [0.2, 0.25) is 11.8 Å². The summed E-state index contributed by atoms with van der Waals surface area (Å²) in [6, 6.07) is 4.41. The van der Waals surface area contributed by atoms with Gasteiger partial charge in [0.25, 0.3) is 11.8 Å². The second kappa shape index (κ2) is 8.02. The van der Waals surface area contributed by atoms with Gasteiger partial charge in [-0.25, -0.2) is 0 Å². The van der Waals surface area contributed by atoms with Crippen LogP contribution in [-0.2, 0) is 20.9 Å². The third-order valence-corrected chi connectivity index (χ3v) is 5.77. The SMILES string of the molecule is NC[C@@H]1C[C@@H](NCc2cccc3c2C(=O)N(C2CCC(=O)NC2=O)C3=O)CCO1. The van der Waals surface area contributed by atoms with Crippen molar-refractivity contribution in [2.75, 3.05) is 13.2 Å². The number of rotatable bonds is 5. The summed E-state index contributed by atoms with van der Waals surface area (Å²) in [4.78, 5) is 50.5. The Morgan fingerprint density at radius 2 is 2.00 bits per heavy atom. The molecule has 3 aliphatic rings. The van der Waals surface area contributed by atoms with Gasteiger partial charge in [-0.05, 0) is 30.9 Å². The maximum Gasteiger partial charge on any atom is 0.262 e. The first-order chi connectivity index (χ1) is 14.0. The molecule has 4 rings (SSSR count). The summed E-state index contributed by atoms with van der Waals surface area (Å²) >= 11 is 0. The lowest BCUT2D eigenvalue weighted by Crippen LogP contribution is -2.54.